The number of carbonyl (C=O) groups is 1. The molecule has 1 N–H and O–H groups in total. The Hall–Kier alpha value is -1.36. The lowest BCUT2D eigenvalue weighted by molar-refractivity contribution is -0.144. The maximum atomic E-state index is 11.0. The fourth-order valence-corrected chi connectivity index (χ4v) is 1.09. The van der Waals surface area contributed by atoms with Crippen LogP contribution in [0.1, 0.15) is 12.5 Å². The van der Waals surface area contributed by atoms with E-state index in [1.54, 1.807) is 19.3 Å². The van der Waals surface area contributed by atoms with Gasteiger partial charge in [0.15, 0.2) is 0 Å². The van der Waals surface area contributed by atoms with Crippen molar-refractivity contribution < 1.29 is 14.6 Å². The summed E-state index contributed by atoms with van der Waals surface area (Å²) in [6, 6.07) is 0. The van der Waals surface area contributed by atoms with E-state index in [-0.39, 0.29) is 19.1 Å². The topological polar surface area (TPSA) is 64.3 Å². The van der Waals surface area contributed by atoms with E-state index in [2.05, 4.69) is 5.10 Å². The van der Waals surface area contributed by atoms with Gasteiger partial charge in [0.1, 0.15) is 6.54 Å². The molecule has 5 nitrogen and oxygen atoms in total. The van der Waals surface area contributed by atoms with Crippen molar-refractivity contribution in [2.24, 2.45) is 0 Å². The normalized spacial score (nSPS) is 10.1. The van der Waals surface area contributed by atoms with Crippen molar-refractivity contribution in [2.75, 3.05) is 13.2 Å². The van der Waals surface area contributed by atoms with Crippen molar-refractivity contribution in [3.05, 3.63) is 18.0 Å². The summed E-state index contributed by atoms with van der Waals surface area (Å²) in [5, 5.41) is 12.6. The van der Waals surface area contributed by atoms with E-state index in [9.17, 15) is 4.79 Å². The lowest BCUT2D eigenvalue weighted by Crippen LogP contribution is -2.13. The second kappa shape index (κ2) is 5.39. The van der Waals surface area contributed by atoms with Gasteiger partial charge in [-0.2, -0.15) is 5.10 Å². The van der Waals surface area contributed by atoms with E-state index >= 15 is 0 Å². The van der Waals surface area contributed by atoms with Crippen LogP contribution >= 0.6 is 0 Å². The molecule has 0 fully saturated rings. The minimum atomic E-state index is -0.300. The number of hydrogen-bond acceptors (Lipinski definition) is 4. The van der Waals surface area contributed by atoms with E-state index < -0.39 is 0 Å². The molecule has 1 rings (SSSR count). The van der Waals surface area contributed by atoms with E-state index in [1.807, 2.05) is 0 Å². The van der Waals surface area contributed by atoms with Crippen LogP contribution in [0.2, 0.25) is 0 Å². The van der Waals surface area contributed by atoms with Crippen LogP contribution in [0.3, 0.4) is 0 Å². The van der Waals surface area contributed by atoms with Crippen LogP contribution in [0.25, 0.3) is 0 Å². The molecule has 0 radical (unpaired) electrons. The highest BCUT2D eigenvalue weighted by molar-refractivity contribution is 5.68. The maximum Gasteiger partial charge on any atom is 0.327 e. The van der Waals surface area contributed by atoms with Crippen LogP contribution in [-0.2, 0) is 22.5 Å². The zero-order valence-electron chi connectivity index (χ0n) is 8.14. The first-order valence-corrected chi connectivity index (χ1v) is 4.54. The van der Waals surface area contributed by atoms with Crippen LogP contribution in [0.5, 0.6) is 0 Å². The van der Waals surface area contributed by atoms with Crippen LogP contribution in [0, 0.1) is 0 Å². The van der Waals surface area contributed by atoms with E-state index in [4.69, 9.17) is 9.84 Å². The van der Waals surface area contributed by atoms with Gasteiger partial charge in [0.25, 0.3) is 0 Å². The molecule has 0 unspecified atom stereocenters. The molecule has 1 aromatic heterocycles. The number of carbonyl (C=O) groups excluding carboxylic acids is 1. The van der Waals surface area contributed by atoms with Gasteiger partial charge in [0.2, 0.25) is 0 Å². The molecule has 14 heavy (non-hydrogen) atoms. The molecule has 0 saturated carbocycles. The fourth-order valence-electron chi connectivity index (χ4n) is 1.09. The Morgan fingerprint density at radius 3 is 3.14 bits per heavy atom. The number of ether oxygens (including phenoxy) is 1. The van der Waals surface area contributed by atoms with E-state index in [0.717, 1.165) is 5.56 Å². The molecule has 0 saturated heterocycles. The fraction of sp³-hybridized carbons (Fsp3) is 0.556. The summed E-state index contributed by atoms with van der Waals surface area (Å²) in [4.78, 5) is 11.0. The Bertz CT molecular complexity index is 296. The Kier molecular flexibility index (Phi) is 4.12. The van der Waals surface area contributed by atoms with Crippen LogP contribution < -0.4 is 0 Å². The van der Waals surface area contributed by atoms with Gasteiger partial charge in [-0.1, -0.05) is 0 Å². The van der Waals surface area contributed by atoms with Crippen molar-refractivity contribution in [3.63, 3.8) is 0 Å². The number of aromatic nitrogens is 2. The summed E-state index contributed by atoms with van der Waals surface area (Å²) in [6.07, 6.45) is 3.92. The molecule has 0 atom stereocenters. The highest BCUT2D eigenvalue weighted by atomic mass is 16.5. The number of aliphatic hydroxyl groups excluding tert-OH is 1. The van der Waals surface area contributed by atoms with Gasteiger partial charge in [0, 0.05) is 12.8 Å². The lowest BCUT2D eigenvalue weighted by Gasteiger charge is -2.00. The predicted octanol–water partition coefficient (Wildman–Crippen LogP) is -0.0190. The highest BCUT2D eigenvalue weighted by Gasteiger charge is 2.04. The number of esters is 1. The predicted molar refractivity (Wildman–Crippen MR) is 49.6 cm³/mol. The minimum Gasteiger partial charge on any atom is -0.465 e. The van der Waals surface area contributed by atoms with Gasteiger partial charge in [-0.3, -0.25) is 9.48 Å². The zero-order valence-corrected chi connectivity index (χ0v) is 8.14. The second-order valence-corrected chi connectivity index (χ2v) is 2.82. The largest absolute Gasteiger partial charge is 0.465 e. The van der Waals surface area contributed by atoms with Crippen molar-refractivity contribution in [1.82, 2.24) is 9.78 Å². The third-order valence-corrected chi connectivity index (χ3v) is 1.68. The molecule has 78 valence electrons. The van der Waals surface area contributed by atoms with Crippen molar-refractivity contribution >= 4 is 5.97 Å². The minimum absolute atomic E-state index is 0.0884. The maximum absolute atomic E-state index is 11.0. The van der Waals surface area contributed by atoms with Gasteiger partial charge in [0.05, 0.1) is 12.8 Å². The van der Waals surface area contributed by atoms with Gasteiger partial charge in [-0.15, -0.1) is 0 Å². The molecule has 0 amide bonds. The first-order chi connectivity index (χ1) is 6.76. The molecule has 0 aromatic carbocycles. The lowest BCUT2D eigenvalue weighted by atomic mass is 10.3. The quantitative estimate of drug-likeness (QED) is 0.675. The summed E-state index contributed by atoms with van der Waals surface area (Å²) in [6.45, 7) is 2.35. The third-order valence-electron chi connectivity index (χ3n) is 1.68. The summed E-state index contributed by atoms with van der Waals surface area (Å²) in [5.74, 6) is -0.300. The average molecular weight is 198 g/mol. The van der Waals surface area contributed by atoms with Crippen LogP contribution in [0.15, 0.2) is 12.4 Å². The van der Waals surface area contributed by atoms with E-state index in [1.165, 1.54) is 4.68 Å². The second-order valence-electron chi connectivity index (χ2n) is 2.82. The molecule has 0 aliphatic heterocycles. The molecular formula is C9H14N2O3. The molecule has 0 aliphatic rings. The van der Waals surface area contributed by atoms with Crippen molar-refractivity contribution in [3.8, 4) is 0 Å². The Balaban J connectivity index is 2.46. The van der Waals surface area contributed by atoms with Crippen LogP contribution in [-0.4, -0.2) is 34.1 Å². The Morgan fingerprint density at radius 2 is 2.50 bits per heavy atom. The molecular weight excluding hydrogens is 184 g/mol. The number of aliphatic hydroxyl groups is 1. The molecule has 1 heterocycles. The number of hydrogen-bond donors (Lipinski definition) is 1. The first kappa shape index (κ1) is 10.7. The molecule has 5 heteroatoms. The third kappa shape index (κ3) is 3.18. The zero-order chi connectivity index (χ0) is 10.4. The average Bonchev–Trinajstić information content (AvgIpc) is 2.53. The number of rotatable bonds is 5. The summed E-state index contributed by atoms with van der Waals surface area (Å²) in [7, 11) is 0. The first-order valence-electron chi connectivity index (χ1n) is 4.54. The summed E-state index contributed by atoms with van der Waals surface area (Å²) in [5.41, 5.74) is 0.914. The smallest absolute Gasteiger partial charge is 0.327 e. The van der Waals surface area contributed by atoms with Crippen LogP contribution in [0.4, 0.5) is 0 Å². The van der Waals surface area contributed by atoms with Gasteiger partial charge < -0.3 is 9.84 Å². The molecule has 0 bridgehead atoms. The number of nitrogens with zero attached hydrogens (tertiary/aromatic N) is 2. The van der Waals surface area contributed by atoms with Gasteiger partial charge >= 0.3 is 5.97 Å². The SMILES string of the molecule is CCOC(=O)Cn1cc(CCO)cn1. The van der Waals surface area contributed by atoms with Gasteiger partial charge in [-0.25, -0.2) is 0 Å². The van der Waals surface area contributed by atoms with Crippen molar-refractivity contribution in [2.45, 2.75) is 19.9 Å². The molecule has 1 aromatic rings. The summed E-state index contributed by atoms with van der Waals surface area (Å²) >= 11 is 0. The Labute approximate surface area is 82.3 Å². The van der Waals surface area contributed by atoms with Gasteiger partial charge in [-0.05, 0) is 18.9 Å². The molecule has 0 spiro atoms. The summed E-state index contributed by atoms with van der Waals surface area (Å²) < 4.78 is 6.27. The van der Waals surface area contributed by atoms with Crippen molar-refractivity contribution in [1.29, 1.82) is 0 Å². The molecule has 0 aliphatic carbocycles. The highest BCUT2D eigenvalue weighted by Crippen LogP contribution is 1.98. The standard InChI is InChI=1S/C9H14N2O3/c1-2-14-9(13)7-11-6-8(3-4-12)5-10-11/h5-6,12H,2-4,7H2,1H3. The monoisotopic (exact) mass is 198 g/mol. The van der Waals surface area contributed by atoms with E-state index in [0.29, 0.717) is 13.0 Å². The Morgan fingerprint density at radius 1 is 1.71 bits per heavy atom.